The molecule has 0 saturated heterocycles. The van der Waals surface area contributed by atoms with E-state index in [0.717, 1.165) is 24.6 Å². The Bertz CT molecular complexity index is 619. The molecule has 1 heteroatoms. The van der Waals surface area contributed by atoms with E-state index in [2.05, 4.69) is 97.6 Å². The summed E-state index contributed by atoms with van der Waals surface area (Å²) in [6.07, 6.45) is 14.6. The van der Waals surface area contributed by atoms with Crippen molar-refractivity contribution in [1.82, 2.24) is 0 Å². The lowest BCUT2D eigenvalue weighted by Crippen LogP contribution is -2.82. The lowest BCUT2D eigenvalue weighted by Gasteiger charge is -2.22. The van der Waals surface area contributed by atoms with Gasteiger partial charge in [0.25, 0.3) is 0 Å². The van der Waals surface area contributed by atoms with Crippen LogP contribution in [0.2, 0.25) is 0 Å². The molecule has 0 aromatic heterocycles. The minimum atomic E-state index is 1.09. The summed E-state index contributed by atoms with van der Waals surface area (Å²) >= 11 is 0. The van der Waals surface area contributed by atoms with Crippen molar-refractivity contribution in [3.8, 4) is 0 Å². The minimum Gasteiger partial charge on any atom is -0.314 e. The number of nitrogens with two attached hydrogens (primary N) is 1. The summed E-state index contributed by atoms with van der Waals surface area (Å²) in [4.78, 5) is 0. The number of aryl methyl sites for hydroxylation is 3. The van der Waals surface area contributed by atoms with Crippen LogP contribution in [0.1, 0.15) is 102 Å². The fraction of sp³-hybridized carbons (Fsp3) is 0.600. The van der Waals surface area contributed by atoms with Gasteiger partial charge in [-0.1, -0.05) is 96.2 Å². The smallest absolute Gasteiger partial charge is 0.125 e. The highest BCUT2D eigenvalue weighted by molar-refractivity contribution is 5.36. The predicted octanol–water partition coefficient (Wildman–Crippen LogP) is 8.53. The monoisotopic (exact) mass is 428 g/mol. The molecule has 0 aliphatic heterocycles. The van der Waals surface area contributed by atoms with Crippen LogP contribution < -0.4 is 5.32 Å². The summed E-state index contributed by atoms with van der Waals surface area (Å²) in [7, 11) is 0. The van der Waals surface area contributed by atoms with Gasteiger partial charge < -0.3 is 5.32 Å². The van der Waals surface area contributed by atoms with E-state index in [1.54, 1.807) is 0 Å². The van der Waals surface area contributed by atoms with E-state index in [9.17, 15) is 0 Å². The van der Waals surface area contributed by atoms with Crippen LogP contribution >= 0.6 is 0 Å². The Labute approximate surface area is 196 Å². The highest BCUT2D eigenvalue weighted by Crippen LogP contribution is 2.28. The molecule has 1 aliphatic rings. The first-order valence-electron chi connectivity index (χ1n) is 12.7. The third-order valence-corrected chi connectivity index (χ3v) is 5.78. The molecular formula is C30H54N+. The quantitative estimate of drug-likeness (QED) is 0.419. The summed E-state index contributed by atoms with van der Waals surface area (Å²) in [6, 6.07) is 4.45. The van der Waals surface area contributed by atoms with Gasteiger partial charge in [0.2, 0.25) is 0 Å². The average molecular weight is 429 g/mol. The van der Waals surface area contributed by atoms with Crippen LogP contribution in [0.5, 0.6) is 0 Å². The van der Waals surface area contributed by atoms with Gasteiger partial charge >= 0.3 is 0 Å². The van der Waals surface area contributed by atoms with E-state index in [-0.39, 0.29) is 0 Å². The van der Waals surface area contributed by atoms with E-state index >= 15 is 0 Å². The van der Waals surface area contributed by atoms with Gasteiger partial charge in [0.1, 0.15) is 5.70 Å². The van der Waals surface area contributed by atoms with E-state index in [1.165, 1.54) is 59.9 Å². The minimum absolute atomic E-state index is 1.09. The average Bonchev–Trinajstić information content (AvgIpc) is 2.72. The zero-order valence-corrected chi connectivity index (χ0v) is 22.7. The van der Waals surface area contributed by atoms with Crippen LogP contribution in [0.25, 0.3) is 0 Å². The summed E-state index contributed by atoms with van der Waals surface area (Å²) in [5, 5.41) is 2.20. The Hall–Kier alpha value is -1.60. The standard InChI is InChI=1S/C12H21N.C10H14.C6H12.C2H6/c1-5-7-8-9-11(3)12(4)13-10-6-2;1-7-5-8(2)10(4)9(3)6-7;1-2-6-4-3-5-6;1-2/h7-9,13H,4-6,10H2,1-3H3;5-6H,1-4H3;6H,2-5H2,1H3;1-2H3/p+1/b8-7-,11-9-;;;. The van der Waals surface area contributed by atoms with Crippen LogP contribution in [0, 0.1) is 33.6 Å². The number of allylic oxidation sites excluding steroid dienone is 4. The predicted molar refractivity (Wildman–Crippen MR) is 144 cm³/mol. The number of rotatable bonds is 7. The Morgan fingerprint density at radius 3 is 1.94 bits per heavy atom. The molecule has 0 heterocycles. The molecule has 0 unspecified atom stereocenters. The van der Waals surface area contributed by atoms with Crippen LogP contribution in [0.15, 0.2) is 48.2 Å². The number of benzene rings is 1. The van der Waals surface area contributed by atoms with Crippen LogP contribution in [-0.4, -0.2) is 6.54 Å². The van der Waals surface area contributed by atoms with Gasteiger partial charge in [0.05, 0.1) is 6.54 Å². The Morgan fingerprint density at radius 1 is 1.03 bits per heavy atom. The molecule has 1 saturated carbocycles. The van der Waals surface area contributed by atoms with Crippen molar-refractivity contribution < 1.29 is 5.32 Å². The number of hydrogen-bond acceptors (Lipinski definition) is 0. The van der Waals surface area contributed by atoms with Crippen molar-refractivity contribution in [2.24, 2.45) is 5.92 Å². The van der Waals surface area contributed by atoms with Gasteiger partial charge in [-0.25, -0.2) is 0 Å². The highest BCUT2D eigenvalue weighted by atomic mass is 14.9. The van der Waals surface area contributed by atoms with Crippen molar-refractivity contribution in [3.05, 3.63) is 70.5 Å². The molecular weight excluding hydrogens is 374 g/mol. The summed E-state index contributed by atoms with van der Waals surface area (Å²) < 4.78 is 0. The molecule has 1 aromatic carbocycles. The summed E-state index contributed by atoms with van der Waals surface area (Å²) in [5.74, 6) is 1.12. The first-order valence-corrected chi connectivity index (χ1v) is 12.7. The van der Waals surface area contributed by atoms with Crippen molar-refractivity contribution in [2.75, 3.05) is 6.54 Å². The van der Waals surface area contributed by atoms with Crippen LogP contribution in [-0.2, 0) is 0 Å². The third kappa shape index (κ3) is 15.8. The lowest BCUT2D eigenvalue weighted by molar-refractivity contribution is -0.602. The molecule has 0 bridgehead atoms. The molecule has 1 aliphatic carbocycles. The van der Waals surface area contributed by atoms with Crippen LogP contribution in [0.4, 0.5) is 0 Å². The lowest BCUT2D eigenvalue weighted by atomic mass is 9.84. The first kappa shape index (κ1) is 31.6. The number of hydrogen-bond donors (Lipinski definition) is 1. The van der Waals surface area contributed by atoms with Gasteiger partial charge in [0.15, 0.2) is 0 Å². The third-order valence-electron chi connectivity index (χ3n) is 5.78. The van der Waals surface area contributed by atoms with Gasteiger partial charge in [0, 0.05) is 5.57 Å². The molecule has 1 nitrogen and oxygen atoms in total. The maximum atomic E-state index is 4.01. The second-order valence-corrected chi connectivity index (χ2v) is 8.43. The SMILES string of the molecule is C=C([NH2+]CCC)/C(C)=C\C=C/CC.CC.CCC1CCC1.Cc1cc(C)c(C)c(C)c1. The van der Waals surface area contributed by atoms with E-state index < -0.39 is 0 Å². The topological polar surface area (TPSA) is 16.6 Å². The van der Waals surface area contributed by atoms with Crippen molar-refractivity contribution >= 4 is 0 Å². The molecule has 31 heavy (non-hydrogen) atoms. The molecule has 1 aromatic rings. The van der Waals surface area contributed by atoms with Crippen molar-refractivity contribution in [2.45, 2.75) is 108 Å². The Balaban J connectivity index is 0. The summed E-state index contributed by atoms with van der Waals surface area (Å²) in [6.45, 7) is 26.5. The van der Waals surface area contributed by atoms with Gasteiger partial charge in [-0.15, -0.1) is 0 Å². The van der Waals surface area contributed by atoms with Crippen LogP contribution in [0.3, 0.4) is 0 Å². The van der Waals surface area contributed by atoms with Crippen molar-refractivity contribution in [1.29, 1.82) is 0 Å². The second-order valence-electron chi connectivity index (χ2n) is 8.43. The zero-order valence-electron chi connectivity index (χ0n) is 22.7. The molecule has 1 fully saturated rings. The second kappa shape index (κ2) is 20.3. The summed E-state index contributed by atoms with van der Waals surface area (Å²) in [5.41, 5.74) is 8.00. The molecule has 178 valence electrons. The van der Waals surface area contributed by atoms with Gasteiger partial charge in [-0.3, -0.25) is 0 Å². The van der Waals surface area contributed by atoms with Gasteiger partial charge in [-0.2, -0.15) is 0 Å². The molecule has 2 N–H and O–H groups in total. The number of quaternary nitrogens is 1. The molecule has 0 spiro atoms. The maximum Gasteiger partial charge on any atom is 0.125 e. The van der Waals surface area contributed by atoms with Gasteiger partial charge in [-0.05, 0) is 76.6 Å². The highest BCUT2D eigenvalue weighted by Gasteiger charge is 2.13. The Morgan fingerprint density at radius 2 is 1.58 bits per heavy atom. The van der Waals surface area contributed by atoms with E-state index in [1.807, 2.05) is 13.8 Å². The fourth-order valence-corrected chi connectivity index (χ4v) is 3.09. The zero-order chi connectivity index (χ0) is 24.2. The fourth-order valence-electron chi connectivity index (χ4n) is 3.09. The first-order chi connectivity index (χ1) is 14.8. The largest absolute Gasteiger partial charge is 0.314 e. The normalized spacial score (nSPS) is 13.2. The molecule has 0 radical (unpaired) electrons. The van der Waals surface area contributed by atoms with Crippen molar-refractivity contribution in [3.63, 3.8) is 0 Å². The van der Waals surface area contributed by atoms with E-state index in [0.29, 0.717) is 0 Å². The molecule has 0 atom stereocenters. The Kier molecular flexibility index (Phi) is 20.7. The molecule has 0 amide bonds. The van der Waals surface area contributed by atoms with E-state index in [4.69, 9.17) is 0 Å². The molecule has 2 rings (SSSR count). The maximum absolute atomic E-state index is 4.01.